The van der Waals surface area contributed by atoms with Crippen LogP contribution < -0.4 is 13.9 Å². The van der Waals surface area contributed by atoms with Gasteiger partial charge in [-0.2, -0.15) is 0 Å². The molecular weight excluding hydrogens is 829 g/mol. The monoisotopic (exact) mass is 895 g/mol. The molecule has 0 saturated heterocycles. The predicted octanol–water partition coefficient (Wildman–Crippen LogP) is 16.7. The summed E-state index contributed by atoms with van der Waals surface area (Å²) in [6, 6.07) is 42.2. The molecule has 8 aromatic carbocycles. The van der Waals surface area contributed by atoms with Crippen LogP contribution in [0.25, 0.3) is 61.0 Å². The van der Waals surface area contributed by atoms with Crippen molar-refractivity contribution in [3.63, 3.8) is 0 Å². The van der Waals surface area contributed by atoms with E-state index in [2.05, 4.69) is 94.6 Å². The van der Waals surface area contributed by atoms with Crippen LogP contribution in [0.4, 0.5) is 22.7 Å². The highest BCUT2D eigenvalue weighted by Gasteiger charge is 2.41. The van der Waals surface area contributed by atoms with Gasteiger partial charge in [-0.3, -0.25) is 4.57 Å². The van der Waals surface area contributed by atoms with Gasteiger partial charge in [-0.25, -0.2) is 4.98 Å². The number of ether oxygens (including phenoxy) is 1. The third-order valence-corrected chi connectivity index (χ3v) is 12.5. The van der Waals surface area contributed by atoms with Crippen LogP contribution in [-0.2, 0) is 10.8 Å². The highest BCUT2D eigenvalue weighted by atomic mass is 16.5. The molecule has 0 bridgehead atoms. The molecule has 0 saturated carbocycles. The van der Waals surface area contributed by atoms with Crippen molar-refractivity contribution < 1.29 is 21.2 Å². The third-order valence-electron chi connectivity index (χ3n) is 12.5. The summed E-state index contributed by atoms with van der Waals surface area (Å²) in [5, 5.41) is 2.03. The Hall–Kier alpha value is -8.11. The predicted molar refractivity (Wildman–Crippen MR) is 284 cm³/mol. The fourth-order valence-electron chi connectivity index (χ4n) is 8.97. The molecule has 5 nitrogen and oxygen atoms in total. The minimum Gasteiger partial charge on any atom is -0.457 e. The maximum Gasteiger partial charge on any atom is 0.503 e. The maximum absolute atomic E-state index is 9.16. The lowest BCUT2D eigenvalue weighted by atomic mass is 9.86. The number of para-hydroxylation sites is 2. The number of hydrogen-bond acceptors (Lipinski definition) is 2. The van der Waals surface area contributed by atoms with E-state index in [0.29, 0.717) is 22.9 Å². The lowest BCUT2D eigenvalue weighted by molar-refractivity contribution is 0.479. The number of hydrogen-bond donors (Lipinski definition) is 0. The van der Waals surface area contributed by atoms with Gasteiger partial charge in [0, 0.05) is 44.8 Å². The summed E-state index contributed by atoms with van der Waals surface area (Å²) in [6.07, 6.45) is 1.84. The molecule has 3 heterocycles. The van der Waals surface area contributed by atoms with Crippen LogP contribution >= 0.6 is 0 Å². The van der Waals surface area contributed by atoms with Gasteiger partial charge in [0.2, 0.25) is 11.4 Å². The van der Waals surface area contributed by atoms with Gasteiger partial charge >= 0.3 is 11.7 Å². The van der Waals surface area contributed by atoms with E-state index in [1.54, 1.807) is 28.8 Å². The highest BCUT2D eigenvalue weighted by Crippen LogP contribution is 2.47. The van der Waals surface area contributed by atoms with Gasteiger partial charge in [-0.1, -0.05) is 157 Å². The van der Waals surface area contributed by atoms with E-state index < -0.39 is 54.6 Å². The Morgan fingerprint density at radius 1 is 0.544 bits per heavy atom. The van der Waals surface area contributed by atoms with Gasteiger partial charge in [-0.05, 0) is 115 Å². The third kappa shape index (κ3) is 7.71. The number of aromatic nitrogens is 2. The minimum atomic E-state index is -2.75. The molecule has 1 aliphatic heterocycles. The van der Waals surface area contributed by atoms with Crippen molar-refractivity contribution in [2.24, 2.45) is 0 Å². The van der Waals surface area contributed by atoms with Gasteiger partial charge < -0.3 is 4.74 Å². The topological polar surface area (TPSA) is 33.1 Å². The number of aryl methyl sites for hydroxylation is 1. The molecule has 5 heteroatoms. The zero-order valence-corrected chi connectivity index (χ0v) is 38.6. The second-order valence-electron chi connectivity index (χ2n) is 19.0. The first-order valence-electron chi connectivity index (χ1n) is 28.5. The van der Waals surface area contributed by atoms with E-state index in [4.69, 9.17) is 26.2 Å². The fourth-order valence-corrected chi connectivity index (χ4v) is 8.97. The lowest BCUT2D eigenvalue weighted by Gasteiger charge is -2.20. The molecule has 0 fully saturated rings. The van der Waals surface area contributed by atoms with Gasteiger partial charge in [-0.15, -0.1) is 0 Å². The maximum atomic E-state index is 9.16. The van der Waals surface area contributed by atoms with Crippen molar-refractivity contribution in [1.82, 2.24) is 18.7 Å². The Morgan fingerprint density at radius 2 is 1.29 bits per heavy atom. The molecular formula is C63H54N4O+2. The Bertz CT molecular complexity index is 4290. The summed E-state index contributed by atoms with van der Waals surface area (Å²) in [6.45, 7) is 9.97. The molecule has 330 valence electrons. The normalized spacial score (nSPS) is 15.3. The average Bonchev–Trinajstić information content (AvgIpc) is 4.17. The van der Waals surface area contributed by atoms with E-state index in [0.717, 1.165) is 55.9 Å². The number of fused-ring (bicyclic) bond motifs is 4. The Morgan fingerprint density at radius 3 is 2.06 bits per heavy atom. The molecule has 11 rings (SSSR count). The largest absolute Gasteiger partial charge is 0.503 e. The molecule has 2 aromatic heterocycles. The van der Waals surface area contributed by atoms with E-state index in [1.807, 2.05) is 60.8 Å². The number of pyridine rings is 1. The summed E-state index contributed by atoms with van der Waals surface area (Å²) in [7, 11) is 0. The van der Waals surface area contributed by atoms with Crippen LogP contribution in [-0.4, -0.2) is 15.6 Å². The van der Waals surface area contributed by atoms with Crippen molar-refractivity contribution in [3.05, 3.63) is 217 Å². The van der Waals surface area contributed by atoms with E-state index in [1.165, 1.54) is 16.7 Å². The van der Waals surface area contributed by atoms with Gasteiger partial charge in [0.05, 0.1) is 40.6 Å². The van der Waals surface area contributed by atoms with Crippen LogP contribution in [0.5, 0.6) is 11.5 Å². The van der Waals surface area contributed by atoms with Crippen molar-refractivity contribution in [2.45, 2.75) is 59.2 Å². The standard InChI is InChI=1S/C63H54N4O/c1-42-19-17-28-57-60(42)66(61-52(44-22-13-9-14-23-44)26-18-27-53(61)45-24-15-10-16-25-45)41-65(57)49-36-48(63(5,6)7)37-51(39-49)68-50-30-31-54-55-35-46(43-20-11-8-12-21-43)29-32-56(55)67(58(54)40-50)59-38-47(33-34-64-59)62(2,3)4/h8-40H,1-7H3/q+2/i1D3,9D,10D,13D,14D,15D,22D,23D,24D,25D. The second-order valence-corrected chi connectivity index (χ2v) is 19.0. The molecule has 0 atom stereocenters. The van der Waals surface area contributed by atoms with Crippen molar-refractivity contribution >= 4 is 50.6 Å². The minimum absolute atomic E-state index is 0.0242. The van der Waals surface area contributed by atoms with E-state index in [9.17, 15) is 0 Å². The summed E-state index contributed by atoms with van der Waals surface area (Å²) in [5.74, 6) is 1.72. The molecule has 0 radical (unpaired) electrons. The summed E-state index contributed by atoms with van der Waals surface area (Å²) in [5.41, 5.74) is 6.04. The smallest absolute Gasteiger partial charge is 0.457 e. The van der Waals surface area contributed by atoms with Crippen LogP contribution in [0.15, 0.2) is 200 Å². The molecule has 0 amide bonds. The highest BCUT2D eigenvalue weighted by molar-refractivity contribution is 6.11. The first kappa shape index (κ1) is 31.0. The van der Waals surface area contributed by atoms with Crippen LogP contribution in [0.1, 0.15) is 74.7 Å². The number of nitrogens with zero attached hydrogens (tertiary/aromatic N) is 4. The summed E-state index contributed by atoms with van der Waals surface area (Å²) < 4.78 is 118. The number of benzene rings is 8. The van der Waals surface area contributed by atoms with Crippen LogP contribution in [0.3, 0.4) is 0 Å². The Kier molecular flexibility index (Phi) is 7.58. The zero-order valence-electron chi connectivity index (χ0n) is 50.6. The molecule has 0 unspecified atom stereocenters. The van der Waals surface area contributed by atoms with Crippen LogP contribution in [0.2, 0.25) is 0 Å². The Balaban J connectivity index is 1.17. The summed E-state index contributed by atoms with van der Waals surface area (Å²) in [4.78, 5) is 4.93. The molecule has 68 heavy (non-hydrogen) atoms. The molecule has 0 N–H and O–H groups in total. The molecule has 0 spiro atoms. The first-order chi connectivity index (χ1) is 37.8. The molecule has 10 aromatic rings. The fraction of sp³-hybridized carbons (Fsp3) is 0.143. The quantitative estimate of drug-likeness (QED) is 0.142. The SMILES string of the molecule is [2H]c1cc([2H])c(-c2cccc(-c3c([2H])c([2H])c([2H])c([2H])c3[2H])c2[N+]2=C=[N+](c3cc(Oc4ccc5c6cc(-c7ccccc7)ccc6n(-c6cc(C(C)(C)C)ccn6)c5c4)cc(C(C)(C)C)c3)c3cccc(C([2H])([2H])[2H])c32)c([2H])c1[2H]. The van der Waals surface area contributed by atoms with Crippen molar-refractivity contribution in [2.75, 3.05) is 0 Å². The van der Waals surface area contributed by atoms with Crippen LogP contribution in [0, 0.1) is 6.85 Å². The zero-order chi connectivity index (χ0) is 57.1. The van der Waals surface area contributed by atoms with Gasteiger partial charge in [0.25, 0.3) is 5.69 Å². The summed E-state index contributed by atoms with van der Waals surface area (Å²) >= 11 is 0. The Labute approximate surface area is 416 Å². The first-order valence-corrected chi connectivity index (χ1v) is 22.5. The average molecular weight is 895 g/mol. The molecule has 0 aliphatic carbocycles. The lowest BCUT2D eigenvalue weighted by Crippen LogP contribution is -2.12. The van der Waals surface area contributed by atoms with Crippen molar-refractivity contribution in [1.29, 1.82) is 0 Å². The number of rotatable bonds is 8. The van der Waals surface area contributed by atoms with E-state index >= 15 is 0 Å². The van der Waals surface area contributed by atoms with Crippen molar-refractivity contribution in [3.8, 4) is 50.7 Å². The van der Waals surface area contributed by atoms with Gasteiger partial charge in [0.1, 0.15) is 17.3 Å². The molecule has 1 aliphatic rings. The van der Waals surface area contributed by atoms with E-state index in [-0.39, 0.29) is 56.7 Å². The second kappa shape index (κ2) is 16.6. The van der Waals surface area contributed by atoms with Gasteiger partial charge in [0.15, 0.2) is 0 Å².